The van der Waals surface area contributed by atoms with Gasteiger partial charge in [-0.15, -0.1) is 0 Å². The van der Waals surface area contributed by atoms with E-state index in [0.29, 0.717) is 27.7 Å². The highest BCUT2D eigenvalue weighted by Crippen LogP contribution is 2.33. The molecule has 6 nitrogen and oxygen atoms in total. The number of fused-ring (bicyclic) bond motifs is 1. The van der Waals surface area contributed by atoms with E-state index in [1.165, 1.54) is 13.2 Å². The van der Waals surface area contributed by atoms with Gasteiger partial charge >= 0.3 is 11.6 Å². The number of halogens is 1. The van der Waals surface area contributed by atoms with E-state index >= 15 is 0 Å². The second-order valence-electron chi connectivity index (χ2n) is 7.10. The van der Waals surface area contributed by atoms with Crippen molar-refractivity contribution in [2.45, 2.75) is 6.61 Å². The molecular formula is C25H20ClNO5. The van der Waals surface area contributed by atoms with E-state index < -0.39 is 11.6 Å². The maximum absolute atomic E-state index is 12.8. The standard InChI is InChI=1S/C25H20ClNO5/c1-27(21-14-24(28)32-23-9-4-3-8-19(21)23)18-10-11-22(30-2)20(13-18)25(29)31-15-16-6-5-7-17(26)12-16/h3-14H,15H2,1-2H3. The molecule has 0 saturated carbocycles. The van der Waals surface area contributed by atoms with E-state index in [0.717, 1.165) is 10.9 Å². The van der Waals surface area contributed by atoms with Crippen molar-refractivity contribution in [3.63, 3.8) is 0 Å². The van der Waals surface area contributed by atoms with Crippen LogP contribution in [-0.4, -0.2) is 20.1 Å². The Morgan fingerprint density at radius 2 is 1.84 bits per heavy atom. The average molecular weight is 450 g/mol. The number of rotatable bonds is 6. The van der Waals surface area contributed by atoms with Gasteiger partial charge < -0.3 is 18.8 Å². The Kier molecular flexibility index (Phi) is 6.14. The molecule has 4 aromatic rings. The van der Waals surface area contributed by atoms with Crippen LogP contribution in [0.15, 0.2) is 82.0 Å². The summed E-state index contributed by atoms with van der Waals surface area (Å²) in [6.07, 6.45) is 0. The summed E-state index contributed by atoms with van der Waals surface area (Å²) in [5, 5.41) is 1.34. The van der Waals surface area contributed by atoms with Gasteiger partial charge in [-0.2, -0.15) is 0 Å². The van der Waals surface area contributed by atoms with Gasteiger partial charge in [-0.3, -0.25) is 0 Å². The first-order valence-electron chi connectivity index (χ1n) is 9.82. The second kappa shape index (κ2) is 9.16. The molecule has 0 spiro atoms. The van der Waals surface area contributed by atoms with Crippen LogP contribution < -0.4 is 15.3 Å². The van der Waals surface area contributed by atoms with Crippen LogP contribution in [0.2, 0.25) is 5.02 Å². The molecule has 0 atom stereocenters. The summed E-state index contributed by atoms with van der Waals surface area (Å²) in [6.45, 7) is 0.0764. The van der Waals surface area contributed by atoms with Crippen LogP contribution >= 0.6 is 11.6 Å². The number of carbonyl (C=O) groups excluding carboxylic acids is 1. The summed E-state index contributed by atoms with van der Waals surface area (Å²) in [5.74, 6) is -0.148. The van der Waals surface area contributed by atoms with Gasteiger partial charge in [0.25, 0.3) is 0 Å². The normalized spacial score (nSPS) is 10.7. The van der Waals surface area contributed by atoms with Crippen LogP contribution in [0.25, 0.3) is 11.0 Å². The number of hydrogen-bond acceptors (Lipinski definition) is 6. The molecule has 0 aliphatic rings. The van der Waals surface area contributed by atoms with E-state index in [4.69, 9.17) is 25.5 Å². The summed E-state index contributed by atoms with van der Waals surface area (Å²) >= 11 is 6.00. The lowest BCUT2D eigenvalue weighted by Gasteiger charge is -2.22. The number of benzene rings is 3. The molecule has 1 aromatic heterocycles. The third kappa shape index (κ3) is 4.45. The molecule has 0 saturated heterocycles. The van der Waals surface area contributed by atoms with Gasteiger partial charge in [0, 0.05) is 29.2 Å². The Balaban J connectivity index is 1.66. The molecule has 0 aliphatic carbocycles. The van der Waals surface area contributed by atoms with Crippen molar-refractivity contribution in [2.75, 3.05) is 19.1 Å². The molecule has 4 rings (SSSR count). The SMILES string of the molecule is COc1ccc(N(C)c2cc(=O)oc3ccccc23)cc1C(=O)OCc1cccc(Cl)c1. The number of methoxy groups -OCH3 is 1. The van der Waals surface area contributed by atoms with E-state index in [9.17, 15) is 9.59 Å². The van der Waals surface area contributed by atoms with Crippen molar-refractivity contribution in [3.05, 3.63) is 99.4 Å². The maximum Gasteiger partial charge on any atom is 0.342 e. The zero-order valence-corrected chi connectivity index (χ0v) is 18.3. The van der Waals surface area contributed by atoms with E-state index in [1.807, 2.05) is 30.1 Å². The monoisotopic (exact) mass is 449 g/mol. The Hall–Kier alpha value is -3.77. The largest absolute Gasteiger partial charge is 0.496 e. The average Bonchev–Trinajstić information content (AvgIpc) is 2.81. The third-order valence-corrected chi connectivity index (χ3v) is 5.27. The van der Waals surface area contributed by atoms with Crippen molar-refractivity contribution in [3.8, 4) is 5.75 Å². The van der Waals surface area contributed by atoms with Crippen molar-refractivity contribution in [1.29, 1.82) is 0 Å². The Labute approximate surface area is 189 Å². The quantitative estimate of drug-likeness (QED) is 0.283. The van der Waals surface area contributed by atoms with Crippen LogP contribution in [0.3, 0.4) is 0 Å². The van der Waals surface area contributed by atoms with Crippen molar-refractivity contribution >= 4 is 39.9 Å². The van der Waals surface area contributed by atoms with Gasteiger partial charge in [0.15, 0.2) is 0 Å². The number of hydrogen-bond donors (Lipinski definition) is 0. The van der Waals surface area contributed by atoms with Crippen LogP contribution in [0.5, 0.6) is 5.75 Å². The van der Waals surface area contributed by atoms with Crippen LogP contribution in [0.1, 0.15) is 15.9 Å². The number of nitrogens with zero attached hydrogens (tertiary/aromatic N) is 1. The predicted molar refractivity (Wildman–Crippen MR) is 124 cm³/mol. The smallest absolute Gasteiger partial charge is 0.342 e. The summed E-state index contributed by atoms with van der Waals surface area (Å²) in [7, 11) is 3.30. The van der Waals surface area contributed by atoms with Gasteiger partial charge in [0.2, 0.25) is 0 Å². The van der Waals surface area contributed by atoms with Gasteiger partial charge in [0.05, 0.1) is 12.8 Å². The van der Waals surface area contributed by atoms with Gasteiger partial charge in [-0.1, -0.05) is 35.9 Å². The predicted octanol–water partition coefficient (Wildman–Crippen LogP) is 5.58. The topological polar surface area (TPSA) is 69.0 Å². The molecule has 0 fully saturated rings. The molecule has 0 N–H and O–H groups in total. The Bertz CT molecular complexity index is 1350. The minimum Gasteiger partial charge on any atom is -0.496 e. The zero-order valence-electron chi connectivity index (χ0n) is 17.5. The van der Waals surface area contributed by atoms with Gasteiger partial charge in [-0.05, 0) is 48.0 Å². The first-order valence-corrected chi connectivity index (χ1v) is 10.2. The Morgan fingerprint density at radius 1 is 1.03 bits per heavy atom. The van der Waals surface area contributed by atoms with Crippen molar-refractivity contribution in [1.82, 2.24) is 0 Å². The molecule has 0 bridgehead atoms. The van der Waals surface area contributed by atoms with Gasteiger partial charge in [-0.25, -0.2) is 9.59 Å². The van der Waals surface area contributed by atoms with Crippen molar-refractivity contribution < 1.29 is 18.7 Å². The number of anilines is 2. The summed E-state index contributed by atoms with van der Waals surface area (Å²) in [6, 6.07) is 21.0. The molecule has 0 unspecified atom stereocenters. The van der Waals surface area contributed by atoms with Crippen molar-refractivity contribution in [2.24, 2.45) is 0 Å². The van der Waals surface area contributed by atoms with Crippen LogP contribution in [-0.2, 0) is 11.3 Å². The lowest BCUT2D eigenvalue weighted by atomic mass is 10.1. The number of esters is 1. The molecule has 0 radical (unpaired) electrons. The fraction of sp³-hybridized carbons (Fsp3) is 0.120. The van der Waals surface area contributed by atoms with Crippen LogP contribution in [0, 0.1) is 0 Å². The maximum atomic E-state index is 12.8. The fourth-order valence-electron chi connectivity index (χ4n) is 3.43. The second-order valence-corrected chi connectivity index (χ2v) is 7.53. The number of ether oxygens (including phenoxy) is 2. The zero-order chi connectivity index (χ0) is 22.7. The fourth-order valence-corrected chi connectivity index (χ4v) is 3.64. The molecule has 3 aromatic carbocycles. The summed E-state index contributed by atoms with van der Waals surface area (Å²) in [4.78, 5) is 26.7. The third-order valence-electron chi connectivity index (χ3n) is 5.04. The van der Waals surface area contributed by atoms with E-state index in [2.05, 4.69) is 0 Å². The molecule has 0 amide bonds. The Morgan fingerprint density at radius 3 is 2.62 bits per heavy atom. The van der Waals surface area contributed by atoms with Crippen LogP contribution in [0.4, 0.5) is 11.4 Å². The summed E-state index contributed by atoms with van der Waals surface area (Å²) in [5.41, 5.74) is 2.40. The highest BCUT2D eigenvalue weighted by atomic mass is 35.5. The molecule has 32 heavy (non-hydrogen) atoms. The molecular weight excluding hydrogens is 430 g/mol. The molecule has 1 heterocycles. The van der Waals surface area contributed by atoms with E-state index in [-0.39, 0.29) is 12.2 Å². The first kappa shape index (κ1) is 21.5. The highest BCUT2D eigenvalue weighted by molar-refractivity contribution is 6.30. The lowest BCUT2D eigenvalue weighted by Crippen LogP contribution is -2.14. The first-order chi connectivity index (χ1) is 15.5. The molecule has 7 heteroatoms. The molecule has 0 aliphatic heterocycles. The minimum atomic E-state index is -0.533. The minimum absolute atomic E-state index is 0.0764. The lowest BCUT2D eigenvalue weighted by molar-refractivity contribution is 0.0469. The highest BCUT2D eigenvalue weighted by Gasteiger charge is 2.18. The van der Waals surface area contributed by atoms with Gasteiger partial charge in [0.1, 0.15) is 23.5 Å². The number of carbonyl (C=O) groups is 1. The summed E-state index contributed by atoms with van der Waals surface area (Å²) < 4.78 is 16.1. The number of para-hydroxylation sites is 1. The molecule has 162 valence electrons. The van der Waals surface area contributed by atoms with E-state index in [1.54, 1.807) is 48.5 Å².